The number of carboxylic acid groups (broad SMARTS) is 1. The number of esters is 2. The number of allylic oxidation sites excluding steroid dienone is 3. The van der Waals surface area contributed by atoms with Gasteiger partial charge >= 0.3 is 25.7 Å². The van der Waals surface area contributed by atoms with Crippen molar-refractivity contribution < 1.29 is 62.5 Å². The third-order valence-corrected chi connectivity index (χ3v) is 12.5. The average molecular weight is 916 g/mol. The minimum atomic E-state index is -4.79. The maximum Gasteiger partial charge on any atom is 0.472 e. The summed E-state index contributed by atoms with van der Waals surface area (Å²) in [5.41, 5.74) is 5.34. The van der Waals surface area contributed by atoms with E-state index in [0.717, 1.165) is 38.5 Å². The minimum Gasteiger partial charge on any atom is -0.480 e. The van der Waals surface area contributed by atoms with E-state index in [-0.39, 0.29) is 31.0 Å². The molecule has 0 aliphatic heterocycles. The summed E-state index contributed by atoms with van der Waals surface area (Å²) >= 11 is 0. The van der Waals surface area contributed by atoms with Crippen LogP contribution in [0.3, 0.4) is 0 Å². The third-order valence-electron chi connectivity index (χ3n) is 11.6. The quantitative estimate of drug-likeness (QED) is 0.0166. The van der Waals surface area contributed by atoms with E-state index in [4.69, 9.17) is 24.8 Å². The van der Waals surface area contributed by atoms with Crippen molar-refractivity contribution in [1.82, 2.24) is 0 Å². The first-order chi connectivity index (χ1) is 30.3. The Morgan fingerprint density at radius 3 is 1.79 bits per heavy atom. The van der Waals surface area contributed by atoms with Crippen LogP contribution in [0, 0.1) is 11.8 Å². The molecule has 0 bridgehead atoms. The van der Waals surface area contributed by atoms with Crippen molar-refractivity contribution in [3.05, 3.63) is 24.3 Å². The zero-order chi connectivity index (χ0) is 46.6. The van der Waals surface area contributed by atoms with E-state index in [1.165, 1.54) is 96.3 Å². The van der Waals surface area contributed by atoms with Crippen LogP contribution in [0.4, 0.5) is 0 Å². The van der Waals surface area contributed by atoms with Gasteiger partial charge < -0.3 is 35.4 Å². The van der Waals surface area contributed by atoms with Crippen LogP contribution in [0.1, 0.15) is 200 Å². The Labute approximate surface area is 379 Å². The van der Waals surface area contributed by atoms with Crippen LogP contribution in [-0.2, 0) is 42.3 Å². The first-order valence-electron chi connectivity index (χ1n) is 24.5. The molecule has 1 saturated carbocycles. The normalized spacial score (nSPS) is 19.1. The number of carboxylic acids is 1. The lowest BCUT2D eigenvalue weighted by molar-refractivity contribution is -0.161. The Morgan fingerprint density at radius 2 is 1.24 bits per heavy atom. The second kappa shape index (κ2) is 37.7. The summed E-state index contributed by atoms with van der Waals surface area (Å²) in [5.74, 6) is -3.44. The van der Waals surface area contributed by atoms with Crippen LogP contribution in [0.2, 0.25) is 0 Å². The van der Waals surface area contributed by atoms with Crippen molar-refractivity contribution in [2.45, 2.75) is 224 Å². The predicted octanol–water partition coefficient (Wildman–Crippen LogP) is 9.99. The van der Waals surface area contributed by atoms with Crippen LogP contribution < -0.4 is 5.73 Å². The second-order valence-corrected chi connectivity index (χ2v) is 18.8. The molecule has 0 aromatic rings. The summed E-state index contributed by atoms with van der Waals surface area (Å²) in [4.78, 5) is 58.8. The maximum atomic E-state index is 12.8. The number of Topliss-reactive ketones (excluding diaryl/α,β-unsaturated/α-hetero) is 1. The molecular formula is C48H86NO13P. The molecule has 0 radical (unpaired) electrons. The number of aliphatic carboxylic acids is 1. The standard InChI is InChI=1S/C48H86NO13P/c1-3-5-7-8-9-10-11-12-13-14-15-16-17-18-19-20-21-22-27-31-46(53)59-36-40(37-60-63(57,58)61-38-43(49)48(55)56)62-47(54)32-28-24-23-26-30-41-42(45(52)35-44(41)51)34-33-39(50)29-25-6-4-2/h23,26,33-34,39-44,50-51H,3-22,24-25,27-32,35-38,49H2,1-2H3,(H,55,56)(H,57,58)/b26-23-,34-33+/t39-,40+,41+,42+,43-,44-/m0/s1. The maximum absolute atomic E-state index is 12.8. The van der Waals surface area contributed by atoms with Crippen LogP contribution in [0.5, 0.6) is 0 Å². The minimum absolute atomic E-state index is 0.0271. The molecule has 0 spiro atoms. The van der Waals surface area contributed by atoms with E-state index in [2.05, 4.69) is 18.4 Å². The molecule has 1 aliphatic rings. The molecule has 0 heterocycles. The monoisotopic (exact) mass is 916 g/mol. The number of carbonyl (C=O) groups excluding carboxylic acids is 3. The first-order valence-corrected chi connectivity index (χ1v) is 26.0. The number of hydrogen-bond donors (Lipinski definition) is 5. The van der Waals surface area contributed by atoms with Crippen LogP contribution in [-0.4, -0.2) is 88.1 Å². The number of phosphoric acid groups is 1. The van der Waals surface area contributed by atoms with Crippen molar-refractivity contribution in [1.29, 1.82) is 0 Å². The molecule has 15 heteroatoms. The number of ketones is 1. The highest BCUT2D eigenvalue weighted by Crippen LogP contribution is 2.43. The molecule has 1 fully saturated rings. The van der Waals surface area contributed by atoms with Gasteiger partial charge in [-0.2, -0.15) is 0 Å². The van der Waals surface area contributed by atoms with E-state index in [1.54, 1.807) is 12.2 Å². The van der Waals surface area contributed by atoms with Gasteiger partial charge in [-0.1, -0.05) is 173 Å². The molecule has 1 rings (SSSR count). The van der Waals surface area contributed by atoms with E-state index >= 15 is 0 Å². The molecule has 14 nitrogen and oxygen atoms in total. The molecule has 1 aliphatic carbocycles. The fourth-order valence-electron chi connectivity index (χ4n) is 7.64. The van der Waals surface area contributed by atoms with E-state index in [9.17, 15) is 38.8 Å². The Balaban J connectivity index is 2.42. The SMILES string of the molecule is CCCCCCCCCCCCCCCCCCCCCC(=O)OC[C@H](COP(=O)(O)OC[C@H](N)C(=O)O)OC(=O)CCC/C=C\C[C@H]1[C@@H](O)CC(=O)[C@@H]1/C=C/[C@@H](O)CCCCC. The second-order valence-electron chi connectivity index (χ2n) is 17.4. The Hall–Kier alpha value is -2.45. The Kier molecular flexibility index (Phi) is 35.1. The van der Waals surface area contributed by atoms with Crippen molar-refractivity contribution >= 4 is 31.5 Å². The molecule has 1 unspecified atom stereocenters. The topological polar surface area (TPSA) is 229 Å². The molecule has 7 atom stereocenters. The number of aliphatic hydroxyl groups excluding tert-OH is 2. The van der Waals surface area contributed by atoms with E-state index in [1.807, 2.05) is 12.2 Å². The van der Waals surface area contributed by atoms with Crippen LogP contribution in [0.15, 0.2) is 24.3 Å². The van der Waals surface area contributed by atoms with Gasteiger partial charge in [0.25, 0.3) is 0 Å². The fourth-order valence-corrected chi connectivity index (χ4v) is 8.41. The summed E-state index contributed by atoms with van der Waals surface area (Å²) in [5, 5.41) is 29.7. The van der Waals surface area contributed by atoms with Gasteiger partial charge in [-0.25, -0.2) is 4.57 Å². The third kappa shape index (κ3) is 32.0. The number of unbranched alkanes of at least 4 members (excludes halogenated alkanes) is 21. The molecule has 0 aromatic carbocycles. The molecular weight excluding hydrogens is 829 g/mol. The van der Waals surface area contributed by atoms with Crippen LogP contribution in [0.25, 0.3) is 0 Å². The van der Waals surface area contributed by atoms with Crippen molar-refractivity contribution in [2.75, 3.05) is 19.8 Å². The average Bonchev–Trinajstić information content (AvgIpc) is 3.52. The molecule has 0 saturated heterocycles. The molecule has 366 valence electrons. The summed E-state index contributed by atoms with van der Waals surface area (Å²) < 4.78 is 32.7. The highest BCUT2D eigenvalue weighted by Gasteiger charge is 2.39. The lowest BCUT2D eigenvalue weighted by atomic mass is 9.90. The molecule has 0 aromatic heterocycles. The number of phosphoric ester groups is 1. The van der Waals surface area contributed by atoms with Gasteiger partial charge in [0.1, 0.15) is 18.4 Å². The smallest absolute Gasteiger partial charge is 0.472 e. The summed E-state index contributed by atoms with van der Waals surface area (Å²) in [6, 6.07) is -1.56. The van der Waals surface area contributed by atoms with Crippen molar-refractivity contribution in [2.24, 2.45) is 17.6 Å². The van der Waals surface area contributed by atoms with E-state index < -0.39 is 75.8 Å². The molecule has 63 heavy (non-hydrogen) atoms. The highest BCUT2D eigenvalue weighted by molar-refractivity contribution is 7.47. The largest absolute Gasteiger partial charge is 0.480 e. The first kappa shape index (κ1) is 58.6. The number of nitrogens with two attached hydrogens (primary N) is 1. The number of ether oxygens (including phenoxy) is 2. The lowest BCUT2D eigenvalue weighted by Crippen LogP contribution is -2.34. The van der Waals surface area contributed by atoms with Gasteiger partial charge in [-0.05, 0) is 32.1 Å². The highest BCUT2D eigenvalue weighted by atomic mass is 31.2. The number of aliphatic hydroxyl groups is 2. The van der Waals surface area contributed by atoms with Crippen molar-refractivity contribution in [3.8, 4) is 0 Å². The summed E-state index contributed by atoms with van der Waals surface area (Å²) in [7, 11) is -4.79. The Bertz CT molecular complexity index is 1330. The van der Waals surface area contributed by atoms with Gasteiger partial charge in [-0.3, -0.25) is 28.2 Å². The zero-order valence-corrected chi connectivity index (χ0v) is 39.8. The predicted molar refractivity (Wildman–Crippen MR) is 246 cm³/mol. The zero-order valence-electron chi connectivity index (χ0n) is 38.9. The number of carbonyl (C=O) groups is 4. The van der Waals surface area contributed by atoms with Crippen molar-refractivity contribution in [3.63, 3.8) is 0 Å². The van der Waals surface area contributed by atoms with Gasteiger partial charge in [-0.15, -0.1) is 0 Å². The van der Waals surface area contributed by atoms with Gasteiger partial charge in [0.15, 0.2) is 6.10 Å². The lowest BCUT2D eigenvalue weighted by Gasteiger charge is -2.20. The number of rotatable bonds is 42. The molecule has 0 amide bonds. The number of hydrogen-bond acceptors (Lipinski definition) is 12. The molecule has 6 N–H and O–H groups in total. The van der Waals surface area contributed by atoms with Gasteiger partial charge in [0.05, 0.1) is 25.4 Å². The van der Waals surface area contributed by atoms with Crippen LogP contribution >= 0.6 is 7.82 Å². The fraction of sp³-hybridized carbons (Fsp3) is 0.833. The Morgan fingerprint density at radius 1 is 0.730 bits per heavy atom. The van der Waals surface area contributed by atoms with E-state index in [0.29, 0.717) is 32.1 Å². The van der Waals surface area contributed by atoms with Gasteiger partial charge in [0, 0.05) is 31.1 Å². The van der Waals surface area contributed by atoms with Gasteiger partial charge in [0.2, 0.25) is 0 Å². The summed E-state index contributed by atoms with van der Waals surface area (Å²) in [6.07, 6.45) is 33.2. The summed E-state index contributed by atoms with van der Waals surface area (Å²) in [6.45, 7) is 2.46.